The lowest BCUT2D eigenvalue weighted by molar-refractivity contribution is -0.831. The molecule has 4 nitrogen and oxygen atoms in total. The number of aromatic nitrogens is 2. The first-order valence-electron chi connectivity index (χ1n) is 5.19. The highest BCUT2D eigenvalue weighted by molar-refractivity contribution is 7.99. The van der Waals surface area contributed by atoms with Gasteiger partial charge < -0.3 is 5.21 Å². The van der Waals surface area contributed by atoms with E-state index in [2.05, 4.69) is 16.7 Å². The average Bonchev–Trinajstić information content (AvgIpc) is 2.48. The minimum absolute atomic E-state index is 0.145. The molecule has 0 unspecified atom stereocenters. The summed E-state index contributed by atoms with van der Waals surface area (Å²) in [5.74, 6) is 0.934. The van der Waals surface area contributed by atoms with Gasteiger partial charge in [-0.15, -0.1) is 0 Å². The van der Waals surface area contributed by atoms with Gasteiger partial charge in [0.15, 0.2) is 0 Å². The lowest BCUT2D eigenvalue weighted by atomic mass is 9.93. The van der Waals surface area contributed by atoms with Crippen LogP contribution in [0.5, 0.6) is 0 Å². The van der Waals surface area contributed by atoms with E-state index in [1.54, 1.807) is 0 Å². The number of hydrogen-bond acceptors (Lipinski definition) is 4. The highest BCUT2D eigenvalue weighted by Gasteiger charge is 2.30. The molecule has 0 aliphatic heterocycles. The van der Waals surface area contributed by atoms with Gasteiger partial charge >= 0.3 is 0 Å². The molecule has 5 heteroatoms. The number of unbranched alkanes of at least 4 members (excludes halogenated alkanes) is 1. The van der Waals surface area contributed by atoms with Crippen molar-refractivity contribution in [3.8, 4) is 0 Å². The lowest BCUT2D eigenvalue weighted by Crippen LogP contribution is -2.27. The van der Waals surface area contributed by atoms with Crippen molar-refractivity contribution in [3.05, 3.63) is 10.9 Å². The molecule has 0 aromatic carbocycles. The van der Waals surface area contributed by atoms with E-state index in [4.69, 9.17) is 0 Å². The Hall–Kier alpha value is -0.710. The third-order valence-corrected chi connectivity index (χ3v) is 3.13. The van der Waals surface area contributed by atoms with Crippen LogP contribution < -0.4 is 4.90 Å². The summed E-state index contributed by atoms with van der Waals surface area (Å²) in [6, 6.07) is 0. The predicted octanol–water partition coefficient (Wildman–Crippen LogP) is 2.50. The van der Waals surface area contributed by atoms with Crippen LogP contribution in [0, 0.1) is 5.21 Å². The van der Waals surface area contributed by atoms with Gasteiger partial charge in [0.1, 0.15) is 0 Å². The molecule has 0 fully saturated rings. The number of thioether (sulfide) groups is 1. The molecule has 0 aliphatic carbocycles. The van der Waals surface area contributed by atoms with Gasteiger partial charge in [0.2, 0.25) is 5.69 Å². The summed E-state index contributed by atoms with van der Waals surface area (Å²) in [4.78, 5) is 0.515. The molecule has 0 aliphatic rings. The first kappa shape index (κ1) is 12.4. The van der Waals surface area contributed by atoms with Crippen LogP contribution in [0.15, 0.2) is 9.65 Å². The zero-order chi connectivity index (χ0) is 11.5. The van der Waals surface area contributed by atoms with Gasteiger partial charge in [-0.25, -0.2) is 0 Å². The third-order valence-electron chi connectivity index (χ3n) is 2.02. The molecule has 0 atom stereocenters. The van der Waals surface area contributed by atoms with Crippen molar-refractivity contribution in [1.82, 2.24) is 5.16 Å². The molecule has 1 rings (SSSR count). The molecule has 1 heterocycles. The first-order chi connectivity index (χ1) is 6.96. The number of nitrogens with zero attached hydrogens (tertiary/aromatic N) is 2. The van der Waals surface area contributed by atoms with Crippen molar-refractivity contribution in [2.75, 3.05) is 5.75 Å². The van der Waals surface area contributed by atoms with E-state index in [9.17, 15) is 5.21 Å². The van der Waals surface area contributed by atoms with Crippen LogP contribution >= 0.6 is 11.8 Å². The molecule has 0 N–H and O–H groups in total. The largest absolute Gasteiger partial charge is 0.359 e. The molecule has 1 aromatic heterocycles. The Morgan fingerprint density at radius 3 is 2.67 bits per heavy atom. The molecular formula is C10H18N2O2S. The van der Waals surface area contributed by atoms with Gasteiger partial charge in [-0.2, -0.15) is 0 Å². The molecular weight excluding hydrogens is 212 g/mol. The van der Waals surface area contributed by atoms with Gasteiger partial charge in [-0.05, 0) is 11.3 Å². The molecule has 86 valence electrons. The summed E-state index contributed by atoms with van der Waals surface area (Å²) in [5.41, 5.74) is 0.604. The normalized spacial score (nSPS) is 12.0. The smallest absolute Gasteiger partial charge is 0.255 e. The van der Waals surface area contributed by atoms with Crippen molar-refractivity contribution in [3.63, 3.8) is 0 Å². The van der Waals surface area contributed by atoms with Crippen LogP contribution in [0.2, 0.25) is 0 Å². The maximum atomic E-state index is 11.3. The Kier molecular flexibility index (Phi) is 4.02. The summed E-state index contributed by atoms with van der Waals surface area (Å²) >= 11 is 1.53. The lowest BCUT2D eigenvalue weighted by Gasteiger charge is -2.11. The van der Waals surface area contributed by atoms with E-state index < -0.39 is 0 Å². The second-order valence-corrected chi connectivity index (χ2v) is 5.62. The van der Waals surface area contributed by atoms with Crippen molar-refractivity contribution >= 4 is 11.8 Å². The summed E-state index contributed by atoms with van der Waals surface area (Å²) in [7, 11) is 0. The Morgan fingerprint density at radius 2 is 2.13 bits per heavy atom. The average molecular weight is 230 g/mol. The maximum absolute atomic E-state index is 11.3. The molecule has 0 spiro atoms. The predicted molar refractivity (Wildman–Crippen MR) is 59.8 cm³/mol. The summed E-state index contributed by atoms with van der Waals surface area (Å²) in [6.45, 7) is 8.20. The van der Waals surface area contributed by atoms with Gasteiger partial charge in [0.25, 0.3) is 5.03 Å². The fourth-order valence-electron chi connectivity index (χ4n) is 1.13. The second-order valence-electron chi connectivity index (χ2n) is 4.54. The van der Waals surface area contributed by atoms with Gasteiger partial charge in [0, 0.05) is 16.3 Å². The molecule has 0 amide bonds. The zero-order valence-corrected chi connectivity index (χ0v) is 10.6. The minimum Gasteiger partial charge on any atom is -0.359 e. The van der Waals surface area contributed by atoms with Gasteiger partial charge in [0.05, 0.1) is 0 Å². The third kappa shape index (κ3) is 3.12. The number of rotatable bonds is 4. The zero-order valence-electron chi connectivity index (χ0n) is 9.74. The van der Waals surface area contributed by atoms with Crippen LogP contribution in [-0.2, 0) is 5.41 Å². The van der Waals surface area contributed by atoms with Crippen LogP contribution in [0.3, 0.4) is 0 Å². The maximum Gasteiger partial charge on any atom is 0.255 e. The molecule has 0 bridgehead atoms. The van der Waals surface area contributed by atoms with Crippen LogP contribution in [0.25, 0.3) is 0 Å². The highest BCUT2D eigenvalue weighted by atomic mass is 32.2. The molecule has 15 heavy (non-hydrogen) atoms. The fraction of sp³-hybridized carbons (Fsp3) is 0.800. The van der Waals surface area contributed by atoms with E-state index in [-0.39, 0.29) is 5.41 Å². The van der Waals surface area contributed by atoms with E-state index in [0.29, 0.717) is 9.93 Å². The molecule has 1 aromatic rings. The Bertz CT molecular complexity index is 318. The van der Waals surface area contributed by atoms with Crippen molar-refractivity contribution < 1.29 is 9.53 Å². The minimum atomic E-state index is -0.145. The Labute approximate surface area is 94.6 Å². The van der Waals surface area contributed by atoms with Crippen molar-refractivity contribution in [2.24, 2.45) is 0 Å². The van der Waals surface area contributed by atoms with Crippen molar-refractivity contribution in [1.29, 1.82) is 0 Å². The molecule has 0 radical (unpaired) electrons. The fourth-order valence-corrected chi connectivity index (χ4v) is 2.38. The Balaban J connectivity index is 2.80. The van der Waals surface area contributed by atoms with Crippen LogP contribution in [0.1, 0.15) is 46.2 Å². The van der Waals surface area contributed by atoms with E-state index >= 15 is 0 Å². The summed E-state index contributed by atoms with van der Waals surface area (Å²) in [5, 5.41) is 15.8. The van der Waals surface area contributed by atoms with Gasteiger partial charge in [-0.1, -0.05) is 45.9 Å². The monoisotopic (exact) mass is 230 g/mol. The summed E-state index contributed by atoms with van der Waals surface area (Å²) < 4.78 is 4.64. The van der Waals surface area contributed by atoms with Gasteiger partial charge in [-0.3, -0.25) is 4.63 Å². The van der Waals surface area contributed by atoms with Crippen LogP contribution in [-0.4, -0.2) is 10.9 Å². The molecule has 0 saturated heterocycles. The number of hydrogen-bond donors (Lipinski definition) is 0. The molecule has 0 saturated carbocycles. The van der Waals surface area contributed by atoms with Crippen molar-refractivity contribution in [2.45, 2.75) is 51.0 Å². The van der Waals surface area contributed by atoms with E-state index in [1.807, 2.05) is 20.8 Å². The topological polar surface area (TPSA) is 53.0 Å². The first-order valence-corrected chi connectivity index (χ1v) is 6.18. The summed E-state index contributed by atoms with van der Waals surface area (Å²) in [6.07, 6.45) is 2.22. The Morgan fingerprint density at radius 1 is 1.47 bits per heavy atom. The van der Waals surface area contributed by atoms with E-state index in [1.165, 1.54) is 11.8 Å². The SMILES string of the molecule is CCCCSc1c(C(C)(C)C)no[n+]1[O-]. The quantitative estimate of drug-likeness (QED) is 0.453. The second kappa shape index (κ2) is 4.88. The van der Waals surface area contributed by atoms with Crippen LogP contribution in [0.4, 0.5) is 0 Å². The highest BCUT2D eigenvalue weighted by Crippen LogP contribution is 2.28. The van der Waals surface area contributed by atoms with E-state index in [0.717, 1.165) is 24.3 Å². The standard InChI is InChI=1S/C10H18N2O2S/c1-5-6-7-15-9-8(10(2,3)4)11-14-12(9)13/h5-7H2,1-4H3.